The zero-order valence-corrected chi connectivity index (χ0v) is 27.1. The quantitative estimate of drug-likeness (QED) is 0.158. The summed E-state index contributed by atoms with van der Waals surface area (Å²) in [6.07, 6.45) is 0. The molecule has 0 bridgehead atoms. The van der Waals surface area contributed by atoms with E-state index in [-0.39, 0.29) is 17.8 Å². The third kappa shape index (κ3) is 4.99. The normalized spacial score (nSPS) is 11.7. The monoisotopic (exact) mass is 697 g/mol. The molecule has 0 N–H and O–H groups in total. The van der Waals surface area contributed by atoms with Gasteiger partial charge in [-0.3, -0.25) is 0 Å². The van der Waals surface area contributed by atoms with Gasteiger partial charge in [-0.15, -0.1) is 0 Å². The van der Waals surface area contributed by atoms with Crippen LogP contribution in [0.15, 0.2) is 140 Å². The molecular weight excluding hydrogens is 672 g/mol. The molecule has 0 spiro atoms. The highest BCUT2D eigenvalue weighted by atomic mass is 19.2. The number of halogens is 6. The highest BCUT2D eigenvalue weighted by molar-refractivity contribution is 6.12. The van der Waals surface area contributed by atoms with Gasteiger partial charge in [0, 0.05) is 79.5 Å². The molecule has 9 rings (SSSR count). The molecular formula is C43H25F6N3. The van der Waals surface area contributed by atoms with E-state index in [1.54, 1.807) is 18.2 Å². The van der Waals surface area contributed by atoms with E-state index in [0.29, 0.717) is 35.3 Å². The van der Waals surface area contributed by atoms with Crippen LogP contribution in [0.4, 0.5) is 43.4 Å². The number of anilines is 3. The molecule has 0 saturated heterocycles. The lowest BCUT2D eigenvalue weighted by Gasteiger charge is -2.26. The summed E-state index contributed by atoms with van der Waals surface area (Å²) in [5, 5.41) is 3.15. The van der Waals surface area contributed by atoms with Gasteiger partial charge in [-0.1, -0.05) is 54.6 Å². The summed E-state index contributed by atoms with van der Waals surface area (Å²) in [4.78, 5) is 2.05. The van der Waals surface area contributed by atoms with Crippen molar-refractivity contribution < 1.29 is 26.3 Å². The van der Waals surface area contributed by atoms with Crippen molar-refractivity contribution in [2.24, 2.45) is 0 Å². The van der Waals surface area contributed by atoms with Gasteiger partial charge in [0.25, 0.3) is 0 Å². The third-order valence-corrected chi connectivity index (χ3v) is 9.57. The van der Waals surface area contributed by atoms with Crippen LogP contribution in [-0.2, 0) is 6.54 Å². The molecule has 0 aliphatic heterocycles. The van der Waals surface area contributed by atoms with Crippen LogP contribution >= 0.6 is 0 Å². The Morgan fingerprint density at radius 1 is 0.404 bits per heavy atom. The average Bonchev–Trinajstić information content (AvgIpc) is 3.62. The minimum absolute atomic E-state index is 0.153. The molecule has 254 valence electrons. The van der Waals surface area contributed by atoms with Gasteiger partial charge in [-0.05, 0) is 60.7 Å². The maximum atomic E-state index is 15.2. The summed E-state index contributed by atoms with van der Waals surface area (Å²) in [7, 11) is 0. The molecule has 3 nitrogen and oxygen atoms in total. The molecule has 0 aliphatic carbocycles. The van der Waals surface area contributed by atoms with Crippen molar-refractivity contribution in [2.75, 3.05) is 4.90 Å². The SMILES string of the molecule is Fc1cc(F)c(Cn2c3ccccc3c3cc(N(c4ccccc4)c4ccc5c(c4)c4ccccc4n5-c4c(F)cc(F)cc4F)ccc32)c(F)c1. The predicted octanol–water partition coefficient (Wildman–Crippen LogP) is 12.2. The minimum Gasteiger partial charge on any atom is -0.336 e. The average molecular weight is 698 g/mol. The first kappa shape index (κ1) is 31.5. The van der Waals surface area contributed by atoms with Crippen LogP contribution in [0.25, 0.3) is 49.3 Å². The summed E-state index contributed by atoms with van der Waals surface area (Å²) >= 11 is 0. The van der Waals surface area contributed by atoms with Crippen molar-refractivity contribution in [1.82, 2.24) is 9.13 Å². The molecule has 0 unspecified atom stereocenters. The molecule has 7 aromatic carbocycles. The van der Waals surface area contributed by atoms with E-state index < -0.39 is 34.9 Å². The number of fused-ring (bicyclic) bond motifs is 6. The molecule has 0 amide bonds. The van der Waals surface area contributed by atoms with Crippen LogP contribution in [0.3, 0.4) is 0 Å². The number of hydrogen-bond donors (Lipinski definition) is 0. The van der Waals surface area contributed by atoms with Gasteiger partial charge in [0.2, 0.25) is 0 Å². The van der Waals surface area contributed by atoms with E-state index in [0.717, 1.165) is 49.6 Å². The Hall–Kier alpha value is -6.48. The zero-order chi connectivity index (χ0) is 35.7. The van der Waals surface area contributed by atoms with E-state index in [1.807, 2.05) is 102 Å². The molecule has 2 heterocycles. The summed E-state index contributed by atoms with van der Waals surface area (Å²) < 4.78 is 91.1. The Kier molecular flexibility index (Phi) is 7.32. The van der Waals surface area contributed by atoms with Gasteiger partial charge in [-0.2, -0.15) is 0 Å². The topological polar surface area (TPSA) is 13.1 Å². The van der Waals surface area contributed by atoms with Crippen LogP contribution in [0.2, 0.25) is 0 Å². The molecule has 9 aromatic rings. The number of nitrogens with zero attached hydrogens (tertiary/aromatic N) is 3. The lowest BCUT2D eigenvalue weighted by molar-refractivity contribution is 0.519. The summed E-state index contributed by atoms with van der Waals surface area (Å²) in [5.74, 6) is -5.95. The maximum absolute atomic E-state index is 15.2. The minimum atomic E-state index is -1.02. The van der Waals surface area contributed by atoms with Gasteiger partial charge in [0.05, 0.1) is 17.6 Å². The van der Waals surface area contributed by atoms with Crippen molar-refractivity contribution in [3.8, 4) is 5.69 Å². The molecule has 0 saturated carbocycles. The van der Waals surface area contributed by atoms with Gasteiger partial charge in [0.15, 0.2) is 11.6 Å². The number of para-hydroxylation sites is 3. The maximum Gasteiger partial charge on any atom is 0.153 e. The lowest BCUT2D eigenvalue weighted by Crippen LogP contribution is -2.10. The van der Waals surface area contributed by atoms with Gasteiger partial charge >= 0.3 is 0 Å². The van der Waals surface area contributed by atoms with Gasteiger partial charge in [0.1, 0.15) is 29.0 Å². The fraction of sp³-hybridized carbons (Fsp3) is 0.0233. The van der Waals surface area contributed by atoms with Crippen molar-refractivity contribution >= 4 is 60.7 Å². The van der Waals surface area contributed by atoms with Crippen LogP contribution < -0.4 is 4.90 Å². The van der Waals surface area contributed by atoms with E-state index in [9.17, 15) is 17.6 Å². The van der Waals surface area contributed by atoms with Crippen molar-refractivity contribution in [3.63, 3.8) is 0 Å². The Balaban J connectivity index is 1.25. The van der Waals surface area contributed by atoms with E-state index in [2.05, 4.69) is 4.90 Å². The fourth-order valence-electron chi connectivity index (χ4n) is 7.35. The van der Waals surface area contributed by atoms with Crippen LogP contribution in [0.1, 0.15) is 5.56 Å². The Morgan fingerprint density at radius 2 is 0.865 bits per heavy atom. The summed E-state index contributed by atoms with van der Waals surface area (Å²) in [5.41, 5.74) is 4.30. The van der Waals surface area contributed by atoms with Gasteiger partial charge in [-0.25, -0.2) is 26.3 Å². The Bertz CT molecular complexity index is 2810. The second kappa shape index (κ2) is 12.1. The van der Waals surface area contributed by atoms with E-state index >= 15 is 8.78 Å². The molecule has 0 atom stereocenters. The van der Waals surface area contributed by atoms with Crippen LogP contribution in [0.5, 0.6) is 0 Å². The molecule has 9 heteroatoms. The van der Waals surface area contributed by atoms with Crippen molar-refractivity contribution in [1.29, 1.82) is 0 Å². The van der Waals surface area contributed by atoms with E-state index in [1.165, 1.54) is 4.57 Å². The second-order valence-electron chi connectivity index (χ2n) is 12.6. The van der Waals surface area contributed by atoms with Crippen molar-refractivity contribution in [2.45, 2.75) is 6.54 Å². The summed E-state index contributed by atoms with van der Waals surface area (Å²) in [6, 6.07) is 38.6. The highest BCUT2D eigenvalue weighted by Gasteiger charge is 2.23. The first-order valence-electron chi connectivity index (χ1n) is 16.4. The number of rotatable bonds is 6. The first-order chi connectivity index (χ1) is 25.3. The highest BCUT2D eigenvalue weighted by Crippen LogP contribution is 2.42. The van der Waals surface area contributed by atoms with Crippen LogP contribution in [-0.4, -0.2) is 9.13 Å². The predicted molar refractivity (Wildman–Crippen MR) is 194 cm³/mol. The lowest BCUT2D eigenvalue weighted by atomic mass is 10.1. The first-order valence-corrected chi connectivity index (χ1v) is 16.4. The largest absolute Gasteiger partial charge is 0.336 e. The van der Waals surface area contributed by atoms with Crippen molar-refractivity contribution in [3.05, 3.63) is 180 Å². The molecule has 52 heavy (non-hydrogen) atoms. The van der Waals surface area contributed by atoms with Gasteiger partial charge < -0.3 is 14.0 Å². The molecule has 0 radical (unpaired) electrons. The van der Waals surface area contributed by atoms with E-state index in [4.69, 9.17) is 0 Å². The number of hydrogen-bond acceptors (Lipinski definition) is 1. The standard InChI is InChI=1S/C43H25F6N3/c44-25-18-35(46)34(36(47)19-25)24-50-39-12-6-4-10-30(39)32-22-28(14-16-40(32)50)51(27-8-2-1-3-9-27)29-15-17-42-33(23-29)31-11-5-7-13-41(31)52(42)43-37(48)20-26(45)21-38(43)49/h1-23H,24H2. The smallest absolute Gasteiger partial charge is 0.153 e. The molecule has 2 aromatic heterocycles. The number of benzene rings is 7. The zero-order valence-electron chi connectivity index (χ0n) is 27.1. The summed E-state index contributed by atoms with van der Waals surface area (Å²) in [6.45, 7) is -0.153. The third-order valence-electron chi connectivity index (χ3n) is 9.57. The number of aromatic nitrogens is 2. The molecule has 0 aliphatic rings. The second-order valence-corrected chi connectivity index (χ2v) is 12.6. The Labute approximate surface area is 292 Å². The molecule has 0 fully saturated rings. The Morgan fingerprint density at radius 3 is 1.50 bits per heavy atom. The fourth-order valence-corrected chi connectivity index (χ4v) is 7.35. The van der Waals surface area contributed by atoms with Crippen LogP contribution in [0, 0.1) is 34.9 Å².